The number of esters is 5. The first kappa shape index (κ1) is 80.6. The van der Waals surface area contributed by atoms with Gasteiger partial charge in [0.25, 0.3) is 5.91 Å². The van der Waals surface area contributed by atoms with Gasteiger partial charge in [0.1, 0.15) is 22.3 Å². The molecule has 2 unspecified atom stereocenters. The Hall–Kier alpha value is -8.86. The third-order valence-electron chi connectivity index (χ3n) is 31.1. The highest BCUT2D eigenvalue weighted by Gasteiger charge is 2.82. The summed E-state index contributed by atoms with van der Waals surface area (Å²) < 4.78 is 42.3. The minimum absolute atomic E-state index is 0.0981. The van der Waals surface area contributed by atoms with Crippen molar-refractivity contribution in [1.82, 2.24) is 29.6 Å². The van der Waals surface area contributed by atoms with Crippen molar-refractivity contribution >= 4 is 68.9 Å². The van der Waals surface area contributed by atoms with Crippen molar-refractivity contribution in [1.29, 1.82) is 0 Å². The van der Waals surface area contributed by atoms with Gasteiger partial charge in [0, 0.05) is 182 Å². The second kappa shape index (κ2) is 28.4. The SMILES string of the molecule is CC[C@]1(O)C[C@@H]2CN(CCc3c([nH]c4ccccc34)[C@@](C(=O)OC)(c3cc4c(cc3OC)N(C)[C@H]3[C@@](O)(C(=O)OC)[C@H](OC(C)=O)[C@]5(CC)C=CCN6CC[C@]43[C@@H]65)C2)C1.CC[C@]1(O)C[C@@H]2CN(CCc3c([nH]c4ccccc34)[C@@](C(=O)OC)(c3cc4c(cc3OC)N(C)[C@H]3[C@@](O)(C(N)=O)[C@H](OC(C)=O)[C@]5(CC)C=CCN6CC[C@]43[C@@H]65)C2)C1. The highest BCUT2D eigenvalue weighted by atomic mass is 16.6. The number of rotatable bonds is 14. The molecule has 6 fully saturated rings. The number of aliphatic hydroxyl groups is 4. The van der Waals surface area contributed by atoms with Crippen LogP contribution in [0.3, 0.4) is 0 Å². The predicted molar refractivity (Wildman–Crippen MR) is 438 cm³/mol. The van der Waals surface area contributed by atoms with Gasteiger partial charge in [-0.25, -0.2) is 4.79 Å². The van der Waals surface area contributed by atoms with Crippen LogP contribution in [0.2, 0.25) is 0 Å². The van der Waals surface area contributed by atoms with Gasteiger partial charge >= 0.3 is 29.8 Å². The Morgan fingerprint density at radius 1 is 0.504 bits per heavy atom. The monoisotopic (exact) mass is 1610 g/mol. The van der Waals surface area contributed by atoms with Gasteiger partial charge in [0.2, 0.25) is 11.2 Å². The Labute approximate surface area is 683 Å². The molecule has 12 heterocycles. The van der Waals surface area contributed by atoms with Gasteiger partial charge in [-0.2, -0.15) is 0 Å². The lowest BCUT2D eigenvalue weighted by molar-refractivity contribution is -0.228. The molecule has 4 saturated heterocycles. The molecule has 117 heavy (non-hydrogen) atoms. The lowest BCUT2D eigenvalue weighted by Gasteiger charge is -2.63. The Morgan fingerprint density at radius 3 is 1.28 bits per heavy atom. The molecule has 2 aliphatic carbocycles. The van der Waals surface area contributed by atoms with E-state index in [1.54, 1.807) is 14.2 Å². The first-order chi connectivity index (χ1) is 55.9. The number of nitrogens with two attached hydrogens (primary N) is 1. The van der Waals surface area contributed by atoms with Crippen molar-refractivity contribution in [3.05, 3.63) is 142 Å². The van der Waals surface area contributed by atoms with Gasteiger partial charge in [0.05, 0.1) is 58.8 Å². The van der Waals surface area contributed by atoms with E-state index in [0.29, 0.717) is 165 Å². The van der Waals surface area contributed by atoms with Crippen molar-refractivity contribution in [2.75, 3.05) is 125 Å². The van der Waals surface area contributed by atoms with Gasteiger partial charge in [-0.15, -0.1) is 0 Å². The van der Waals surface area contributed by atoms with Gasteiger partial charge in [-0.1, -0.05) is 88.4 Å². The molecule has 1 amide bonds. The van der Waals surface area contributed by atoms with E-state index in [9.17, 15) is 39.6 Å². The highest BCUT2D eigenvalue weighted by molar-refractivity contribution is 5.97. The number of fused-ring (bicyclic) bond motifs is 12. The van der Waals surface area contributed by atoms with Crippen LogP contribution in [0, 0.1) is 22.7 Å². The Morgan fingerprint density at radius 2 is 0.906 bits per heavy atom. The average Bonchev–Trinajstić information content (AvgIpc) is 1.44. The van der Waals surface area contributed by atoms with Crippen LogP contribution in [-0.4, -0.2) is 260 Å². The molecule has 18 rings (SSSR count). The van der Waals surface area contributed by atoms with Crippen LogP contribution in [0.25, 0.3) is 21.8 Å². The Kier molecular flexibility index (Phi) is 19.6. The summed E-state index contributed by atoms with van der Waals surface area (Å²) in [5.74, 6) is -3.23. The summed E-state index contributed by atoms with van der Waals surface area (Å²) in [5.41, 5.74) is 3.05. The number of para-hydroxylation sites is 2. The number of aromatic nitrogens is 2. The zero-order valence-electron chi connectivity index (χ0n) is 69.8. The molecular formula is C91H115N9O17. The summed E-state index contributed by atoms with van der Waals surface area (Å²) in [6.45, 7) is 17.2. The van der Waals surface area contributed by atoms with Crippen molar-refractivity contribution in [2.45, 2.75) is 199 Å². The third-order valence-corrected chi connectivity index (χ3v) is 31.1. The fourth-order valence-electron chi connectivity index (χ4n) is 26.9. The number of primary amides is 1. The van der Waals surface area contributed by atoms with E-state index in [1.807, 2.05) is 112 Å². The molecule has 12 aliphatic rings. The summed E-state index contributed by atoms with van der Waals surface area (Å²) in [7, 11) is 11.0. The van der Waals surface area contributed by atoms with Gasteiger partial charge in [-0.05, 0) is 148 Å². The fourth-order valence-corrected chi connectivity index (χ4v) is 26.9. The van der Waals surface area contributed by atoms with Crippen molar-refractivity contribution in [2.24, 2.45) is 28.4 Å². The van der Waals surface area contributed by atoms with Crippen LogP contribution in [0.15, 0.2) is 97.1 Å². The van der Waals surface area contributed by atoms with Crippen molar-refractivity contribution in [3.63, 3.8) is 0 Å². The zero-order valence-corrected chi connectivity index (χ0v) is 69.8. The molecule has 4 aromatic carbocycles. The molecule has 2 saturated carbocycles. The molecule has 10 aliphatic heterocycles. The summed E-state index contributed by atoms with van der Waals surface area (Å²) >= 11 is 0. The number of amides is 1. The van der Waals surface area contributed by atoms with E-state index < -0.39 is 115 Å². The summed E-state index contributed by atoms with van der Waals surface area (Å²) in [5, 5.41) is 52.4. The number of benzene rings is 4. The lowest BCUT2D eigenvalue weighted by Crippen LogP contribution is -2.82. The number of methoxy groups -OCH3 is 5. The van der Waals surface area contributed by atoms with Crippen LogP contribution in [-0.2, 0) is 87.0 Å². The maximum absolute atomic E-state index is 15.3. The van der Waals surface area contributed by atoms with Crippen LogP contribution in [0.1, 0.15) is 151 Å². The maximum Gasteiger partial charge on any atom is 0.344 e. The molecule has 6 aromatic rings. The standard InChI is InChI=1S/C46H58N4O9.C45H57N5O8/c1-8-42(54)23-28-24-45(40(52)57-6,36-30(15-19-49(25-28)26-42)29-13-10-11-14-33(29)47-36)32-21-31-34(22-35(32)56-5)48(4)38-44(31)17-20-50-18-12-16-43(9-2,37(44)50)39(59-27(3)51)46(38,55)41(53)58-7;1-7-41(54)22-27-23-44(40(53)57-6,35-29(14-18-49(24-27)25-41)28-12-9-10-13-32(28)47-35)31-20-30-33(21-34(31)56-5)48(4)37-43(30)16-19-50-17-11-15-42(8-2,36(43)50)38(58-26(3)51)45(37,55)39(46)52/h10-14,16,21-22,28,37-39,47,54-55H,8-9,15,17-20,23-26H2,1-7H3;9-13,15,20-21,27,36-38,47,54-55H,7-8,14,16-19,22-25H2,1-6H3,(H2,46,52)/t28-,37-,38+,39+,42-,43+,44+,45-,46-;27-,36-,37+,38+,41-,42+,43+,44-,45-/m00/s1. The van der Waals surface area contributed by atoms with Crippen LogP contribution < -0.4 is 25.0 Å². The quantitative estimate of drug-likeness (QED) is 0.0320. The number of aromatic amines is 2. The van der Waals surface area contributed by atoms with Gasteiger partial charge in [-0.3, -0.25) is 43.6 Å². The topological polar surface area (TPSA) is 325 Å². The largest absolute Gasteiger partial charge is 0.496 e. The zero-order chi connectivity index (χ0) is 83.0. The predicted octanol–water partition coefficient (Wildman–Crippen LogP) is 7.29. The number of likely N-dealkylation sites (N-methyl/N-ethyl adjacent to an activating group) is 2. The van der Waals surface area contributed by atoms with Crippen LogP contribution in [0.4, 0.5) is 11.4 Å². The molecule has 626 valence electrons. The number of carbonyl (C=O) groups excluding carboxylic acids is 6. The number of anilines is 2. The molecule has 8 N–H and O–H groups in total. The van der Waals surface area contributed by atoms with E-state index in [0.717, 1.165) is 66.8 Å². The minimum atomic E-state index is -2.31. The molecule has 2 spiro atoms. The molecule has 4 bridgehead atoms. The van der Waals surface area contributed by atoms with Crippen molar-refractivity contribution < 1.29 is 82.4 Å². The highest BCUT2D eigenvalue weighted by Crippen LogP contribution is 2.71. The van der Waals surface area contributed by atoms with Crippen molar-refractivity contribution in [3.8, 4) is 11.5 Å². The van der Waals surface area contributed by atoms with Crippen LogP contribution >= 0.6 is 0 Å². The summed E-state index contributed by atoms with van der Waals surface area (Å²) in [6.07, 6.45) is 11.9. The number of hydrogen-bond acceptors (Lipinski definition) is 23. The molecule has 26 heteroatoms. The number of nitrogens with one attached hydrogen (secondary N) is 2. The first-order valence-corrected chi connectivity index (χ1v) is 42.1. The van der Waals surface area contributed by atoms with Gasteiger partial charge < -0.3 is 79.1 Å². The van der Waals surface area contributed by atoms with E-state index in [-0.39, 0.29) is 23.9 Å². The van der Waals surface area contributed by atoms with E-state index in [2.05, 4.69) is 66.0 Å². The molecule has 26 nitrogen and oxygen atoms in total. The summed E-state index contributed by atoms with van der Waals surface area (Å²) in [4.78, 5) is 106. The number of carbonyl (C=O) groups is 6. The normalized spacial score (nSPS) is 37.2. The third kappa shape index (κ3) is 10.9. The van der Waals surface area contributed by atoms with Crippen LogP contribution in [0.5, 0.6) is 11.5 Å². The molecular weight excluding hydrogens is 1490 g/mol. The maximum atomic E-state index is 15.3. The fraction of sp³-hybridized carbons (Fsp3) is 0.582. The molecule has 2 aromatic heterocycles. The lowest BCUT2D eigenvalue weighted by atomic mass is 9.47. The Bertz CT molecular complexity index is 5120. The first-order valence-electron chi connectivity index (χ1n) is 42.1. The van der Waals surface area contributed by atoms with Gasteiger partial charge in [0.15, 0.2) is 12.2 Å². The number of nitrogens with zero attached hydrogens (tertiary/aromatic N) is 6. The van der Waals surface area contributed by atoms with E-state index in [4.69, 9.17) is 38.9 Å². The van der Waals surface area contributed by atoms with E-state index >= 15 is 9.59 Å². The smallest absolute Gasteiger partial charge is 0.344 e. The number of ether oxygens (including phenoxy) is 7. The number of piperidine rings is 2. The number of hydrogen-bond donors (Lipinski definition) is 7. The molecule has 20 atom stereocenters. The second-order valence-electron chi connectivity index (χ2n) is 36.3. The Balaban J connectivity index is 0.000000168. The van der Waals surface area contributed by atoms with E-state index in [1.165, 1.54) is 35.2 Å². The number of H-pyrrole nitrogens is 2. The summed E-state index contributed by atoms with van der Waals surface area (Å²) in [6, 6.07) is 21.9. The average molecular weight is 1610 g/mol. The molecule has 0 radical (unpaired) electrons. The second-order valence-corrected chi connectivity index (χ2v) is 36.3. The minimum Gasteiger partial charge on any atom is -0.496 e.